The molecule has 0 bridgehead atoms. The highest BCUT2D eigenvalue weighted by atomic mass is 16.8. The molecular formula is C53H86O23. The molecule has 9 aliphatic rings. The molecule has 6 aliphatic carbocycles. The lowest BCUT2D eigenvalue weighted by Crippen LogP contribution is -2.71. The summed E-state index contributed by atoms with van der Waals surface area (Å²) in [5, 5.41) is 165. The number of carbonyl (C=O) groups excluding carboxylic acids is 1. The number of esters is 1. The number of ether oxygens (including phenoxy) is 7. The van der Waals surface area contributed by atoms with Gasteiger partial charge < -0.3 is 110 Å². The van der Waals surface area contributed by atoms with Crippen LogP contribution in [0, 0.1) is 56.2 Å². The summed E-state index contributed by atoms with van der Waals surface area (Å²) in [6.07, 6.45) is -25.3. The SMILES string of the molecule is C[C@@H]1O[C@@H](O[C@H]2[C@H](OC(=O)[C@]34CCC(C)(C)C[C@H]3C3=CC[C@@H]5[C@@]6(C)C[C@H](O)[C@H](O[C@@H]7C[C@H](CO)[C@@H](O)[C@H](O)[C@H]7O)C(CO)(CO)[C@@H]6CC[C@@]5(C)[C@]3(C)C[C@H]4O)OC[C@H](O)[C@@H]2O)[C@H](O)[C@H](O)[C@H]1O[C@@H]1OC[C@@H](O)[C@H](O)[C@H]1O. The van der Waals surface area contributed by atoms with Crippen LogP contribution < -0.4 is 0 Å². The molecule has 436 valence electrons. The van der Waals surface area contributed by atoms with Gasteiger partial charge in [0.2, 0.25) is 6.29 Å². The van der Waals surface area contributed by atoms with Gasteiger partial charge >= 0.3 is 5.97 Å². The molecule has 15 N–H and O–H groups in total. The van der Waals surface area contributed by atoms with Crippen molar-refractivity contribution in [1.82, 2.24) is 0 Å². The van der Waals surface area contributed by atoms with E-state index in [0.717, 1.165) is 5.57 Å². The molecule has 3 saturated heterocycles. The Balaban J connectivity index is 0.971. The Labute approximate surface area is 442 Å². The van der Waals surface area contributed by atoms with Gasteiger partial charge in [-0.1, -0.05) is 46.3 Å². The van der Waals surface area contributed by atoms with Crippen molar-refractivity contribution in [2.75, 3.05) is 33.0 Å². The maximum absolute atomic E-state index is 15.3. The number of rotatable bonds is 11. The lowest BCUT2D eigenvalue weighted by Gasteiger charge is -2.72. The smallest absolute Gasteiger partial charge is 0.317 e. The number of hydrogen-bond donors (Lipinski definition) is 15. The monoisotopic (exact) mass is 1090 g/mol. The van der Waals surface area contributed by atoms with Gasteiger partial charge in [-0.2, -0.15) is 0 Å². The third-order valence-corrected chi connectivity index (χ3v) is 21.3. The van der Waals surface area contributed by atoms with Crippen molar-refractivity contribution in [1.29, 1.82) is 0 Å². The standard InChI is InChI=1S/C53H86O23/c1-22-41(74-44-39(67)34(62)27(58)18-70-44)38(66)40(68)45(72-22)75-42-35(63)28(59)19-71-46(42)76-47(69)53-12-11-48(2,3)14-25(53)24-7-8-30-49(4)15-26(57)43(73-29-13-23(17-54)33(61)37(65)36(29)64)52(20-55,21-56)31(49)9-10-50(30,5)51(24,6)16-32(53)60/h7,22-23,25-46,54-68H,8-21H2,1-6H3/t22-,23+,25-,26-,27+,28-,29+,30+,31+,32+,33+,34-,35-,36-,37-,38-,39+,40+,41-,42+,43-,44-,45-,46-,49+,50+,51+,53+/m0/s1. The second-order valence-electron chi connectivity index (χ2n) is 25.8. The van der Waals surface area contributed by atoms with Gasteiger partial charge in [0.1, 0.15) is 66.5 Å². The van der Waals surface area contributed by atoms with E-state index in [1.54, 1.807) is 0 Å². The van der Waals surface area contributed by atoms with Crippen LogP contribution in [0.4, 0.5) is 0 Å². The first-order valence-electron chi connectivity index (χ1n) is 27.4. The van der Waals surface area contributed by atoms with Crippen molar-refractivity contribution in [3.05, 3.63) is 11.6 Å². The van der Waals surface area contributed by atoms with Crippen molar-refractivity contribution < 1.29 is 115 Å². The van der Waals surface area contributed by atoms with E-state index in [0.29, 0.717) is 32.1 Å². The van der Waals surface area contributed by atoms with Gasteiger partial charge in [-0.25, -0.2) is 0 Å². The van der Waals surface area contributed by atoms with Gasteiger partial charge in [0.25, 0.3) is 0 Å². The van der Waals surface area contributed by atoms with Gasteiger partial charge in [-0.05, 0) is 104 Å². The Kier molecular flexibility index (Phi) is 16.5. The fraction of sp³-hybridized carbons (Fsp3) is 0.943. The van der Waals surface area contributed by atoms with Crippen LogP contribution in [0.5, 0.6) is 0 Å². The van der Waals surface area contributed by atoms with Crippen molar-refractivity contribution in [3.8, 4) is 0 Å². The Morgan fingerprint density at radius 3 is 1.93 bits per heavy atom. The summed E-state index contributed by atoms with van der Waals surface area (Å²) in [5.41, 5.74) is -4.40. The van der Waals surface area contributed by atoms with Crippen LogP contribution in [0.25, 0.3) is 0 Å². The minimum atomic E-state index is -1.90. The van der Waals surface area contributed by atoms with Crippen molar-refractivity contribution in [2.24, 2.45) is 56.2 Å². The Morgan fingerprint density at radius 2 is 1.28 bits per heavy atom. The minimum absolute atomic E-state index is 0.0450. The van der Waals surface area contributed by atoms with Gasteiger partial charge in [-0.15, -0.1) is 0 Å². The topological polar surface area (TPSA) is 385 Å². The minimum Gasteiger partial charge on any atom is -0.432 e. The molecular weight excluding hydrogens is 1000 g/mol. The van der Waals surface area contributed by atoms with Crippen LogP contribution in [0.1, 0.15) is 99.3 Å². The van der Waals surface area contributed by atoms with Crippen LogP contribution in [-0.4, -0.2) is 238 Å². The molecule has 3 heterocycles. The molecule has 23 heteroatoms. The quantitative estimate of drug-likeness (QED) is 0.0716. The maximum Gasteiger partial charge on any atom is 0.317 e. The maximum atomic E-state index is 15.3. The van der Waals surface area contributed by atoms with Crippen LogP contribution >= 0.6 is 0 Å². The Morgan fingerprint density at radius 1 is 0.645 bits per heavy atom. The van der Waals surface area contributed by atoms with Crippen LogP contribution in [0.15, 0.2) is 11.6 Å². The summed E-state index contributed by atoms with van der Waals surface area (Å²) in [5.74, 6) is -2.86. The van der Waals surface area contributed by atoms with E-state index in [1.165, 1.54) is 6.92 Å². The Hall–Kier alpha value is -1.63. The molecule has 0 radical (unpaired) electrons. The second kappa shape index (κ2) is 21.3. The largest absolute Gasteiger partial charge is 0.432 e. The summed E-state index contributed by atoms with van der Waals surface area (Å²) in [6.45, 7) is 9.52. The summed E-state index contributed by atoms with van der Waals surface area (Å²) in [4.78, 5) is 15.3. The van der Waals surface area contributed by atoms with Crippen LogP contribution in [0.2, 0.25) is 0 Å². The number of aliphatic hydroxyl groups is 15. The summed E-state index contributed by atoms with van der Waals surface area (Å²) in [7, 11) is 0. The third kappa shape index (κ3) is 9.18. The number of carbonyl (C=O) groups is 1. The summed E-state index contributed by atoms with van der Waals surface area (Å²) < 4.78 is 41.6. The van der Waals surface area contributed by atoms with E-state index >= 15 is 4.79 Å². The molecule has 5 saturated carbocycles. The summed E-state index contributed by atoms with van der Waals surface area (Å²) in [6, 6.07) is 0. The normalized spacial score (nSPS) is 54.0. The van der Waals surface area contributed by atoms with E-state index in [1.807, 2.05) is 0 Å². The molecule has 0 aromatic carbocycles. The number of allylic oxidation sites excluding steroid dienone is 2. The highest BCUT2D eigenvalue weighted by molar-refractivity contribution is 5.80. The molecule has 0 aromatic heterocycles. The molecule has 3 aliphatic heterocycles. The zero-order valence-electron chi connectivity index (χ0n) is 44.3. The molecule has 0 unspecified atom stereocenters. The van der Waals surface area contributed by atoms with E-state index in [-0.39, 0.29) is 37.0 Å². The Bertz CT molecular complexity index is 2090. The lowest BCUT2D eigenvalue weighted by atomic mass is 9.33. The fourth-order valence-electron chi connectivity index (χ4n) is 16.6. The van der Waals surface area contributed by atoms with E-state index in [2.05, 4.69) is 40.7 Å². The zero-order valence-corrected chi connectivity index (χ0v) is 44.3. The van der Waals surface area contributed by atoms with Crippen LogP contribution in [0.3, 0.4) is 0 Å². The van der Waals surface area contributed by atoms with E-state index in [9.17, 15) is 76.6 Å². The van der Waals surface area contributed by atoms with Gasteiger partial charge in [0.15, 0.2) is 18.7 Å². The highest BCUT2D eigenvalue weighted by Crippen LogP contribution is 2.76. The van der Waals surface area contributed by atoms with Crippen molar-refractivity contribution in [2.45, 2.75) is 222 Å². The number of aliphatic hydroxyl groups excluding tert-OH is 15. The van der Waals surface area contributed by atoms with Crippen molar-refractivity contribution >= 4 is 5.97 Å². The lowest BCUT2D eigenvalue weighted by molar-refractivity contribution is -0.369. The summed E-state index contributed by atoms with van der Waals surface area (Å²) >= 11 is 0. The van der Waals surface area contributed by atoms with Crippen LogP contribution in [-0.2, 0) is 38.0 Å². The second-order valence-corrected chi connectivity index (χ2v) is 25.8. The average molecular weight is 1090 g/mol. The predicted molar refractivity (Wildman–Crippen MR) is 258 cm³/mol. The molecule has 0 amide bonds. The molecule has 0 spiro atoms. The first kappa shape index (κ1) is 59.0. The molecule has 23 nitrogen and oxygen atoms in total. The molecule has 28 atom stereocenters. The van der Waals surface area contributed by atoms with Crippen molar-refractivity contribution in [3.63, 3.8) is 0 Å². The van der Waals surface area contributed by atoms with Gasteiger partial charge in [0.05, 0.1) is 63.1 Å². The third-order valence-electron chi connectivity index (χ3n) is 21.3. The average Bonchev–Trinajstić information content (AvgIpc) is 3.56. The first-order valence-corrected chi connectivity index (χ1v) is 27.4. The zero-order chi connectivity index (χ0) is 55.6. The molecule has 8 fully saturated rings. The fourth-order valence-corrected chi connectivity index (χ4v) is 16.6. The molecule has 0 aromatic rings. The first-order chi connectivity index (χ1) is 35.6. The number of fused-ring (bicyclic) bond motifs is 7. The molecule has 9 rings (SSSR count). The van der Waals surface area contributed by atoms with Gasteiger partial charge in [-0.3, -0.25) is 4.79 Å². The molecule has 76 heavy (non-hydrogen) atoms. The van der Waals surface area contributed by atoms with E-state index < -0.39 is 206 Å². The number of hydrogen-bond acceptors (Lipinski definition) is 23. The van der Waals surface area contributed by atoms with Gasteiger partial charge in [0, 0.05) is 17.9 Å². The highest BCUT2D eigenvalue weighted by Gasteiger charge is 2.74. The van der Waals surface area contributed by atoms with E-state index in [4.69, 9.17) is 33.2 Å². The predicted octanol–water partition coefficient (Wildman–Crippen LogP) is -3.18.